The van der Waals surface area contributed by atoms with Crippen molar-refractivity contribution in [1.29, 1.82) is 0 Å². The average molecular weight is 323 g/mol. The van der Waals surface area contributed by atoms with Crippen LogP contribution in [-0.2, 0) is 14.8 Å². The number of likely N-dealkylation sites (tertiary alicyclic amines) is 1. The third kappa shape index (κ3) is 3.16. The number of sulfonamides is 1. The summed E-state index contributed by atoms with van der Waals surface area (Å²) in [7, 11) is -3.51. The molecule has 7 heteroatoms. The summed E-state index contributed by atoms with van der Waals surface area (Å²) in [5, 5.41) is 0. The van der Waals surface area contributed by atoms with Crippen molar-refractivity contribution in [3.05, 3.63) is 30.3 Å². The zero-order valence-electron chi connectivity index (χ0n) is 12.5. The summed E-state index contributed by atoms with van der Waals surface area (Å²) in [5.74, 6) is 0.0210. The Kier molecular flexibility index (Phi) is 4.46. The molecule has 22 heavy (non-hydrogen) atoms. The van der Waals surface area contributed by atoms with E-state index in [0.717, 1.165) is 25.9 Å². The van der Waals surface area contributed by atoms with Gasteiger partial charge in [-0.1, -0.05) is 18.2 Å². The van der Waals surface area contributed by atoms with E-state index in [2.05, 4.69) is 4.90 Å². The lowest BCUT2D eigenvalue weighted by Gasteiger charge is -2.21. The number of hydrogen-bond donors (Lipinski definition) is 0. The number of hydrogen-bond acceptors (Lipinski definition) is 4. The van der Waals surface area contributed by atoms with Gasteiger partial charge >= 0.3 is 0 Å². The molecule has 1 amide bonds. The zero-order valence-corrected chi connectivity index (χ0v) is 13.3. The normalized spacial score (nSPS) is 20.6. The van der Waals surface area contributed by atoms with Crippen molar-refractivity contribution in [3.8, 4) is 0 Å². The monoisotopic (exact) mass is 323 g/mol. The quantitative estimate of drug-likeness (QED) is 0.813. The molecule has 2 aliphatic heterocycles. The molecule has 0 saturated carbocycles. The first-order valence-corrected chi connectivity index (χ1v) is 9.07. The third-order valence-corrected chi connectivity index (χ3v) is 6.08. The van der Waals surface area contributed by atoms with Crippen molar-refractivity contribution in [2.45, 2.75) is 17.7 Å². The van der Waals surface area contributed by atoms with Gasteiger partial charge < -0.3 is 4.90 Å². The Balaban J connectivity index is 1.63. The minimum absolute atomic E-state index is 0.0210. The molecular formula is C15H21N3O3S. The van der Waals surface area contributed by atoms with Gasteiger partial charge in [-0.05, 0) is 38.1 Å². The van der Waals surface area contributed by atoms with Crippen LogP contribution in [0.3, 0.4) is 0 Å². The molecule has 0 radical (unpaired) electrons. The topological polar surface area (TPSA) is 60.9 Å². The lowest BCUT2D eigenvalue weighted by Crippen LogP contribution is -2.39. The van der Waals surface area contributed by atoms with Gasteiger partial charge in [0.25, 0.3) is 0 Å². The number of benzene rings is 1. The summed E-state index contributed by atoms with van der Waals surface area (Å²) < 4.78 is 26.4. The molecule has 2 heterocycles. The summed E-state index contributed by atoms with van der Waals surface area (Å²) in [5.41, 5.74) is 0. The first kappa shape index (κ1) is 15.5. The molecule has 120 valence electrons. The Bertz CT molecular complexity index is 627. The van der Waals surface area contributed by atoms with Crippen molar-refractivity contribution in [3.63, 3.8) is 0 Å². The maximum Gasteiger partial charge on any atom is 0.244 e. The average Bonchev–Trinajstić information content (AvgIpc) is 3.19. The fourth-order valence-electron chi connectivity index (χ4n) is 2.94. The molecule has 1 aromatic carbocycles. The van der Waals surface area contributed by atoms with Crippen LogP contribution >= 0.6 is 0 Å². The number of carbonyl (C=O) groups is 1. The van der Waals surface area contributed by atoms with E-state index in [1.54, 1.807) is 35.2 Å². The highest BCUT2D eigenvalue weighted by Gasteiger charge is 2.33. The molecular weight excluding hydrogens is 302 g/mol. The Morgan fingerprint density at radius 3 is 2.36 bits per heavy atom. The van der Waals surface area contributed by atoms with E-state index in [0.29, 0.717) is 19.6 Å². The Morgan fingerprint density at radius 1 is 1.00 bits per heavy atom. The fraction of sp³-hybridized carbons (Fsp3) is 0.533. The lowest BCUT2D eigenvalue weighted by atomic mass is 10.4. The highest BCUT2D eigenvalue weighted by molar-refractivity contribution is 7.89. The largest absolute Gasteiger partial charge is 0.326 e. The minimum atomic E-state index is -3.51. The maximum absolute atomic E-state index is 12.5. The highest BCUT2D eigenvalue weighted by Crippen LogP contribution is 2.19. The molecule has 3 rings (SSSR count). The van der Waals surface area contributed by atoms with Crippen molar-refractivity contribution < 1.29 is 13.2 Å². The van der Waals surface area contributed by atoms with E-state index in [4.69, 9.17) is 0 Å². The van der Waals surface area contributed by atoms with Crippen molar-refractivity contribution in [2.75, 3.05) is 39.4 Å². The second-order valence-corrected chi connectivity index (χ2v) is 7.71. The predicted octanol–water partition coefficient (Wildman–Crippen LogP) is 0.573. The van der Waals surface area contributed by atoms with Gasteiger partial charge in [0, 0.05) is 13.1 Å². The molecule has 2 aliphatic rings. The summed E-state index contributed by atoms with van der Waals surface area (Å²) >= 11 is 0. The second-order valence-electron chi connectivity index (χ2n) is 5.78. The van der Waals surface area contributed by atoms with Gasteiger partial charge in [-0.25, -0.2) is 8.42 Å². The molecule has 0 unspecified atom stereocenters. The molecule has 0 atom stereocenters. The van der Waals surface area contributed by atoms with Crippen molar-refractivity contribution in [1.82, 2.24) is 14.1 Å². The van der Waals surface area contributed by atoms with E-state index in [1.807, 2.05) is 0 Å². The molecule has 2 fully saturated rings. The van der Waals surface area contributed by atoms with Gasteiger partial charge in [-0.15, -0.1) is 0 Å². The van der Waals surface area contributed by atoms with Crippen LogP contribution < -0.4 is 0 Å². The van der Waals surface area contributed by atoms with E-state index in [9.17, 15) is 13.2 Å². The van der Waals surface area contributed by atoms with Crippen LogP contribution in [0.4, 0.5) is 0 Å². The van der Waals surface area contributed by atoms with Crippen LogP contribution in [0.2, 0.25) is 0 Å². The highest BCUT2D eigenvalue weighted by atomic mass is 32.2. The predicted molar refractivity (Wildman–Crippen MR) is 82.6 cm³/mol. The number of nitrogens with zero attached hydrogens (tertiary/aromatic N) is 3. The standard InChI is InChI=1S/C15H21N3O3S/c19-15(12-16-8-4-5-9-16)17-10-11-18(13-17)22(20,21)14-6-2-1-3-7-14/h1-3,6-7H,4-5,8-13H2. The molecule has 1 aromatic rings. The summed E-state index contributed by atoms with van der Waals surface area (Å²) in [6.45, 7) is 3.32. The SMILES string of the molecule is O=C(CN1CCCC1)N1CCN(S(=O)(=O)c2ccccc2)C1. The second kappa shape index (κ2) is 6.36. The third-order valence-electron chi connectivity index (χ3n) is 4.24. The van der Waals surface area contributed by atoms with E-state index >= 15 is 0 Å². The van der Waals surface area contributed by atoms with Crippen LogP contribution in [0.5, 0.6) is 0 Å². The molecule has 6 nitrogen and oxygen atoms in total. The summed E-state index contributed by atoms with van der Waals surface area (Å²) in [6.07, 6.45) is 2.28. The molecule has 0 aliphatic carbocycles. The van der Waals surface area contributed by atoms with Crippen LogP contribution in [-0.4, -0.2) is 67.8 Å². The smallest absolute Gasteiger partial charge is 0.244 e. The van der Waals surface area contributed by atoms with Crippen LogP contribution in [0, 0.1) is 0 Å². The van der Waals surface area contributed by atoms with Crippen LogP contribution in [0.15, 0.2) is 35.2 Å². The summed E-state index contributed by atoms with van der Waals surface area (Å²) in [6, 6.07) is 8.38. The van der Waals surface area contributed by atoms with Crippen molar-refractivity contribution in [2.24, 2.45) is 0 Å². The first-order chi connectivity index (χ1) is 10.6. The molecule has 0 aromatic heterocycles. The van der Waals surface area contributed by atoms with E-state index in [1.165, 1.54) is 4.31 Å². The van der Waals surface area contributed by atoms with Gasteiger partial charge in [0.05, 0.1) is 18.1 Å². The summed E-state index contributed by atoms with van der Waals surface area (Å²) in [4.78, 5) is 16.3. The molecule has 0 bridgehead atoms. The van der Waals surface area contributed by atoms with Crippen molar-refractivity contribution >= 4 is 15.9 Å². The maximum atomic E-state index is 12.5. The van der Waals surface area contributed by atoms with Crippen LogP contribution in [0.1, 0.15) is 12.8 Å². The number of amides is 1. The van der Waals surface area contributed by atoms with Gasteiger partial charge in [0.15, 0.2) is 0 Å². The van der Waals surface area contributed by atoms with Gasteiger partial charge in [0.2, 0.25) is 15.9 Å². The number of rotatable bonds is 4. The van der Waals surface area contributed by atoms with Gasteiger partial charge in [-0.2, -0.15) is 4.31 Å². The van der Waals surface area contributed by atoms with Crippen LogP contribution in [0.25, 0.3) is 0 Å². The molecule has 0 spiro atoms. The minimum Gasteiger partial charge on any atom is -0.326 e. The first-order valence-electron chi connectivity index (χ1n) is 7.63. The lowest BCUT2D eigenvalue weighted by molar-refractivity contribution is -0.131. The van der Waals surface area contributed by atoms with Gasteiger partial charge in [-0.3, -0.25) is 9.69 Å². The Morgan fingerprint density at radius 2 is 1.68 bits per heavy atom. The molecule has 2 saturated heterocycles. The zero-order chi connectivity index (χ0) is 15.6. The van der Waals surface area contributed by atoms with E-state index in [-0.39, 0.29) is 17.5 Å². The Hall–Kier alpha value is -1.44. The Labute approximate surface area is 131 Å². The fourth-order valence-corrected chi connectivity index (χ4v) is 4.35. The van der Waals surface area contributed by atoms with E-state index < -0.39 is 10.0 Å². The van der Waals surface area contributed by atoms with Gasteiger partial charge in [0.1, 0.15) is 0 Å². The number of carbonyl (C=O) groups excluding carboxylic acids is 1. The molecule has 0 N–H and O–H groups in total.